The Morgan fingerprint density at radius 1 is 1.11 bits per heavy atom. The molecule has 0 bridgehead atoms. The van der Waals surface area contributed by atoms with Crippen LogP contribution in [0.2, 0.25) is 0 Å². The van der Waals surface area contributed by atoms with Crippen LogP contribution in [0.15, 0.2) is 6.07 Å². The summed E-state index contributed by atoms with van der Waals surface area (Å²) in [5.74, 6) is 1.89. The smallest absolute Gasteiger partial charge is 0.225 e. The number of aromatic nitrogens is 2. The lowest BCUT2D eigenvalue weighted by Crippen LogP contribution is -2.43. The summed E-state index contributed by atoms with van der Waals surface area (Å²) < 4.78 is 0. The molecule has 4 heteroatoms. The lowest BCUT2D eigenvalue weighted by Gasteiger charge is -2.32. The van der Waals surface area contributed by atoms with Crippen LogP contribution in [0.1, 0.15) is 37.1 Å². The summed E-state index contributed by atoms with van der Waals surface area (Å²) in [4.78, 5) is 11.5. The van der Waals surface area contributed by atoms with Crippen LogP contribution in [0.5, 0.6) is 0 Å². The number of nitrogens with zero attached hydrogens (tertiary/aromatic N) is 3. The normalized spacial score (nSPS) is 20.8. The highest BCUT2D eigenvalue weighted by Gasteiger charge is 2.25. The Labute approximate surface area is 115 Å². The summed E-state index contributed by atoms with van der Waals surface area (Å²) in [7, 11) is 0. The number of piperidine rings is 1. The Balaban J connectivity index is 1.53. The predicted molar refractivity (Wildman–Crippen MR) is 77.5 cm³/mol. The highest BCUT2D eigenvalue weighted by Crippen LogP contribution is 2.28. The molecule has 1 aromatic heterocycles. The maximum absolute atomic E-state index is 4.56. The first-order valence-electron chi connectivity index (χ1n) is 7.51. The zero-order chi connectivity index (χ0) is 13.2. The molecule has 1 aliphatic heterocycles. The summed E-state index contributed by atoms with van der Waals surface area (Å²) in [6.07, 6.45) is 5.29. The maximum Gasteiger partial charge on any atom is 0.225 e. The van der Waals surface area contributed by atoms with E-state index in [2.05, 4.69) is 20.2 Å². The van der Waals surface area contributed by atoms with E-state index < -0.39 is 0 Å². The molecule has 1 aliphatic carbocycles. The van der Waals surface area contributed by atoms with Gasteiger partial charge in [-0.25, -0.2) is 9.97 Å². The fourth-order valence-electron chi connectivity index (χ4n) is 2.79. The summed E-state index contributed by atoms with van der Waals surface area (Å²) in [5.41, 5.74) is 2.13. The minimum Gasteiger partial charge on any atom is -0.341 e. The third-order valence-corrected chi connectivity index (χ3v) is 4.14. The molecular weight excluding hydrogens is 236 g/mol. The molecule has 104 valence electrons. The average Bonchev–Trinajstić information content (AvgIpc) is 3.20. The third kappa shape index (κ3) is 3.44. The number of nitrogens with one attached hydrogen (secondary N) is 1. The number of anilines is 1. The molecule has 0 aromatic carbocycles. The standard InChI is InChI=1S/C15H24N4/c1-11-9-12(2)18-15(17-11)19-7-5-14(6-8-19)16-10-13-3-4-13/h9,13-14,16H,3-8,10H2,1-2H3. The Morgan fingerprint density at radius 2 is 1.74 bits per heavy atom. The van der Waals surface area contributed by atoms with E-state index >= 15 is 0 Å². The first kappa shape index (κ1) is 12.9. The van der Waals surface area contributed by atoms with Crippen molar-refractivity contribution in [1.29, 1.82) is 0 Å². The van der Waals surface area contributed by atoms with Crippen LogP contribution in [-0.2, 0) is 0 Å². The molecule has 3 rings (SSSR count). The van der Waals surface area contributed by atoms with Crippen molar-refractivity contribution in [2.75, 3.05) is 24.5 Å². The van der Waals surface area contributed by atoms with Gasteiger partial charge in [0.1, 0.15) is 0 Å². The minimum absolute atomic E-state index is 0.697. The molecule has 2 heterocycles. The molecular formula is C15H24N4. The van der Waals surface area contributed by atoms with Crippen LogP contribution in [-0.4, -0.2) is 35.6 Å². The van der Waals surface area contributed by atoms with Crippen molar-refractivity contribution in [2.24, 2.45) is 5.92 Å². The van der Waals surface area contributed by atoms with Gasteiger partial charge in [-0.3, -0.25) is 0 Å². The maximum atomic E-state index is 4.56. The Morgan fingerprint density at radius 3 is 2.32 bits per heavy atom. The van der Waals surface area contributed by atoms with Gasteiger partial charge in [0.15, 0.2) is 0 Å². The van der Waals surface area contributed by atoms with Gasteiger partial charge in [0, 0.05) is 30.5 Å². The second kappa shape index (κ2) is 5.45. The summed E-state index contributed by atoms with van der Waals surface area (Å²) >= 11 is 0. The molecule has 1 saturated carbocycles. The Hall–Kier alpha value is -1.16. The van der Waals surface area contributed by atoms with Gasteiger partial charge in [0.2, 0.25) is 5.95 Å². The van der Waals surface area contributed by atoms with Crippen LogP contribution in [0, 0.1) is 19.8 Å². The van der Waals surface area contributed by atoms with Gasteiger partial charge >= 0.3 is 0 Å². The van der Waals surface area contributed by atoms with E-state index in [0.717, 1.165) is 36.3 Å². The summed E-state index contributed by atoms with van der Waals surface area (Å²) in [5, 5.41) is 3.71. The lowest BCUT2D eigenvalue weighted by molar-refractivity contribution is 0.406. The molecule has 0 atom stereocenters. The van der Waals surface area contributed by atoms with E-state index in [4.69, 9.17) is 0 Å². The fourth-order valence-corrected chi connectivity index (χ4v) is 2.79. The van der Waals surface area contributed by atoms with Crippen molar-refractivity contribution in [1.82, 2.24) is 15.3 Å². The molecule has 0 spiro atoms. The molecule has 0 radical (unpaired) electrons. The summed E-state index contributed by atoms with van der Waals surface area (Å²) in [6, 6.07) is 2.73. The van der Waals surface area contributed by atoms with Crippen molar-refractivity contribution in [3.63, 3.8) is 0 Å². The molecule has 1 saturated heterocycles. The summed E-state index contributed by atoms with van der Waals surface area (Å²) in [6.45, 7) is 7.46. The van der Waals surface area contributed by atoms with Crippen molar-refractivity contribution in [2.45, 2.75) is 45.6 Å². The number of rotatable bonds is 4. The predicted octanol–water partition coefficient (Wildman–Crippen LogP) is 2.06. The zero-order valence-corrected chi connectivity index (χ0v) is 12.0. The van der Waals surface area contributed by atoms with Gasteiger partial charge < -0.3 is 10.2 Å². The molecule has 2 aliphatic rings. The van der Waals surface area contributed by atoms with Gasteiger partial charge in [-0.1, -0.05) is 0 Å². The first-order valence-corrected chi connectivity index (χ1v) is 7.51. The minimum atomic E-state index is 0.697. The molecule has 0 amide bonds. The van der Waals surface area contributed by atoms with E-state index in [1.165, 1.54) is 32.2 Å². The van der Waals surface area contributed by atoms with Crippen molar-refractivity contribution in [3.05, 3.63) is 17.5 Å². The van der Waals surface area contributed by atoms with Crippen LogP contribution >= 0.6 is 0 Å². The molecule has 19 heavy (non-hydrogen) atoms. The highest BCUT2D eigenvalue weighted by atomic mass is 15.3. The van der Waals surface area contributed by atoms with Crippen molar-refractivity contribution < 1.29 is 0 Å². The van der Waals surface area contributed by atoms with Crippen molar-refractivity contribution in [3.8, 4) is 0 Å². The molecule has 2 fully saturated rings. The largest absolute Gasteiger partial charge is 0.341 e. The van der Waals surface area contributed by atoms with Crippen LogP contribution in [0.25, 0.3) is 0 Å². The van der Waals surface area contributed by atoms with Gasteiger partial charge in [-0.2, -0.15) is 0 Å². The second-order valence-corrected chi connectivity index (χ2v) is 6.06. The number of aryl methyl sites for hydroxylation is 2. The van der Waals surface area contributed by atoms with E-state index in [1.807, 2.05) is 19.9 Å². The average molecular weight is 260 g/mol. The Bertz CT molecular complexity index is 414. The SMILES string of the molecule is Cc1cc(C)nc(N2CCC(NCC3CC3)CC2)n1. The van der Waals surface area contributed by atoms with Crippen LogP contribution < -0.4 is 10.2 Å². The number of hydrogen-bond donors (Lipinski definition) is 1. The van der Waals surface area contributed by atoms with Gasteiger partial charge in [-0.05, 0) is 58.1 Å². The zero-order valence-electron chi connectivity index (χ0n) is 12.0. The van der Waals surface area contributed by atoms with Gasteiger partial charge in [0.05, 0.1) is 0 Å². The topological polar surface area (TPSA) is 41.1 Å². The highest BCUT2D eigenvalue weighted by molar-refractivity contribution is 5.32. The van der Waals surface area contributed by atoms with Gasteiger partial charge in [-0.15, -0.1) is 0 Å². The van der Waals surface area contributed by atoms with Gasteiger partial charge in [0.25, 0.3) is 0 Å². The van der Waals surface area contributed by atoms with Crippen LogP contribution in [0.4, 0.5) is 5.95 Å². The van der Waals surface area contributed by atoms with E-state index in [0.29, 0.717) is 6.04 Å². The van der Waals surface area contributed by atoms with E-state index in [9.17, 15) is 0 Å². The number of hydrogen-bond acceptors (Lipinski definition) is 4. The molecule has 1 aromatic rings. The van der Waals surface area contributed by atoms with Crippen LogP contribution in [0.3, 0.4) is 0 Å². The molecule has 4 nitrogen and oxygen atoms in total. The molecule has 1 N–H and O–H groups in total. The third-order valence-electron chi connectivity index (χ3n) is 4.14. The lowest BCUT2D eigenvalue weighted by atomic mass is 10.1. The van der Waals surface area contributed by atoms with Crippen molar-refractivity contribution >= 4 is 5.95 Å². The van der Waals surface area contributed by atoms with E-state index in [1.54, 1.807) is 0 Å². The molecule has 0 unspecified atom stereocenters. The fraction of sp³-hybridized carbons (Fsp3) is 0.733. The quantitative estimate of drug-likeness (QED) is 0.899. The Kier molecular flexibility index (Phi) is 3.69. The monoisotopic (exact) mass is 260 g/mol. The second-order valence-electron chi connectivity index (χ2n) is 6.06. The first-order chi connectivity index (χ1) is 9.20. The van der Waals surface area contributed by atoms with E-state index in [-0.39, 0.29) is 0 Å².